The molecule has 0 heterocycles. The number of hydrogen-bond acceptors (Lipinski definition) is 2. The van der Waals surface area contributed by atoms with Gasteiger partial charge in [0.25, 0.3) is 0 Å². The Bertz CT molecular complexity index is 833. The first-order chi connectivity index (χ1) is 11.4. The molecule has 0 aliphatic rings. The van der Waals surface area contributed by atoms with Crippen molar-refractivity contribution in [2.75, 3.05) is 0 Å². The summed E-state index contributed by atoms with van der Waals surface area (Å²) in [7, 11) is 0. The van der Waals surface area contributed by atoms with Crippen LogP contribution in [-0.2, 0) is 12.8 Å². The quantitative estimate of drug-likeness (QED) is 0.603. The fourth-order valence-corrected chi connectivity index (χ4v) is 2.41. The normalized spacial score (nSPS) is 10.7. The van der Waals surface area contributed by atoms with Gasteiger partial charge in [0.1, 0.15) is 11.6 Å². The van der Waals surface area contributed by atoms with Gasteiger partial charge in [0, 0.05) is 24.0 Å². The van der Waals surface area contributed by atoms with Gasteiger partial charge in [0.15, 0.2) is 23.3 Å². The highest BCUT2D eigenvalue weighted by atomic mass is 19.2. The molecule has 2 aromatic carbocycles. The topological polar surface area (TPSA) is 47.6 Å². The summed E-state index contributed by atoms with van der Waals surface area (Å²) in [5.74, 6) is -10.6. The fourth-order valence-electron chi connectivity index (χ4n) is 2.41. The molecule has 24 heavy (non-hydrogen) atoms. The molecule has 0 atom stereocenters. The second kappa shape index (κ2) is 6.79. The van der Waals surface area contributed by atoms with Crippen LogP contribution < -0.4 is 0 Å². The first-order valence-electron chi connectivity index (χ1n) is 6.75. The highest BCUT2D eigenvalue weighted by Crippen LogP contribution is 2.35. The lowest BCUT2D eigenvalue weighted by molar-refractivity contribution is 0.465. The molecule has 0 aromatic heterocycles. The highest BCUT2D eigenvalue weighted by Gasteiger charge is 2.29. The molecule has 0 saturated heterocycles. The predicted molar refractivity (Wildman–Crippen MR) is 71.6 cm³/mol. The average Bonchev–Trinajstić information content (AvgIpc) is 2.56. The molecular formula is C16H8F6N2. The van der Waals surface area contributed by atoms with Crippen molar-refractivity contribution in [2.24, 2.45) is 0 Å². The van der Waals surface area contributed by atoms with Crippen molar-refractivity contribution in [3.05, 3.63) is 46.0 Å². The molecule has 0 aliphatic carbocycles. The van der Waals surface area contributed by atoms with E-state index in [-0.39, 0.29) is 0 Å². The summed E-state index contributed by atoms with van der Waals surface area (Å²) in [4.78, 5) is 0. The van der Waals surface area contributed by atoms with Crippen LogP contribution in [0.4, 0.5) is 26.3 Å². The van der Waals surface area contributed by atoms with Crippen molar-refractivity contribution in [1.82, 2.24) is 0 Å². The molecule has 0 amide bonds. The average molecular weight is 342 g/mol. The minimum atomic E-state index is -1.87. The van der Waals surface area contributed by atoms with Gasteiger partial charge in [-0.05, 0) is 12.8 Å². The number of hydrogen-bond donors (Lipinski definition) is 0. The number of fused-ring (bicyclic) bond motifs is 1. The number of benzene rings is 2. The molecule has 8 heteroatoms. The Hall–Kier alpha value is -2.74. The molecule has 124 valence electrons. The third kappa shape index (κ3) is 2.65. The van der Waals surface area contributed by atoms with E-state index in [1.807, 2.05) is 0 Å². The summed E-state index contributed by atoms with van der Waals surface area (Å²) in [6, 6.07) is 3.16. The maximum atomic E-state index is 14.3. The maximum Gasteiger partial charge on any atom is 0.170 e. The summed E-state index contributed by atoms with van der Waals surface area (Å²) < 4.78 is 84.7. The molecule has 0 fully saturated rings. The van der Waals surface area contributed by atoms with Gasteiger partial charge in [-0.2, -0.15) is 10.5 Å². The van der Waals surface area contributed by atoms with Gasteiger partial charge in [-0.3, -0.25) is 0 Å². The van der Waals surface area contributed by atoms with Crippen molar-refractivity contribution in [1.29, 1.82) is 10.5 Å². The van der Waals surface area contributed by atoms with E-state index in [1.165, 1.54) is 0 Å². The molecular weight excluding hydrogens is 334 g/mol. The van der Waals surface area contributed by atoms with Crippen molar-refractivity contribution in [3.63, 3.8) is 0 Å². The molecule has 0 unspecified atom stereocenters. The summed E-state index contributed by atoms with van der Waals surface area (Å²) >= 11 is 0. The molecule has 2 rings (SSSR count). The second-order valence-electron chi connectivity index (χ2n) is 4.91. The van der Waals surface area contributed by atoms with E-state index in [1.54, 1.807) is 12.1 Å². The van der Waals surface area contributed by atoms with Gasteiger partial charge < -0.3 is 0 Å². The van der Waals surface area contributed by atoms with E-state index in [2.05, 4.69) is 0 Å². The smallest absolute Gasteiger partial charge is 0.170 e. The van der Waals surface area contributed by atoms with E-state index in [0.29, 0.717) is 0 Å². The van der Waals surface area contributed by atoms with E-state index < -0.39 is 82.5 Å². The Balaban J connectivity index is 2.91. The Morgan fingerprint density at radius 3 is 1.17 bits per heavy atom. The summed E-state index contributed by atoms with van der Waals surface area (Å²) in [6.45, 7) is 0. The molecule has 2 aromatic rings. The van der Waals surface area contributed by atoms with Gasteiger partial charge in [0.05, 0.1) is 22.9 Å². The van der Waals surface area contributed by atoms with Crippen LogP contribution >= 0.6 is 0 Å². The van der Waals surface area contributed by atoms with Gasteiger partial charge in [-0.25, -0.2) is 26.3 Å². The van der Waals surface area contributed by atoms with Crippen LogP contribution in [0, 0.1) is 57.6 Å². The predicted octanol–water partition coefficient (Wildman–Crippen LogP) is 4.59. The van der Waals surface area contributed by atoms with Crippen LogP contribution in [0.2, 0.25) is 0 Å². The van der Waals surface area contributed by atoms with Crippen molar-refractivity contribution in [2.45, 2.75) is 25.7 Å². The third-order valence-corrected chi connectivity index (χ3v) is 3.55. The SMILES string of the molecule is N#CCCc1c(F)c(F)c2c(F)c(CCC#N)c(F)c(F)c2c1F. The zero-order valence-corrected chi connectivity index (χ0v) is 12.0. The fraction of sp³-hybridized carbons (Fsp3) is 0.250. The minimum Gasteiger partial charge on any atom is -0.206 e. The van der Waals surface area contributed by atoms with E-state index in [0.717, 1.165) is 0 Å². The molecule has 0 aliphatic heterocycles. The van der Waals surface area contributed by atoms with Crippen LogP contribution in [-0.4, -0.2) is 0 Å². The van der Waals surface area contributed by atoms with Gasteiger partial charge in [-0.15, -0.1) is 0 Å². The lowest BCUT2D eigenvalue weighted by atomic mass is 9.96. The van der Waals surface area contributed by atoms with Crippen LogP contribution in [0.1, 0.15) is 24.0 Å². The lowest BCUT2D eigenvalue weighted by Gasteiger charge is -2.14. The van der Waals surface area contributed by atoms with E-state index >= 15 is 0 Å². The first-order valence-corrected chi connectivity index (χ1v) is 6.75. The molecule has 0 bridgehead atoms. The Morgan fingerprint density at radius 1 is 0.542 bits per heavy atom. The zero-order valence-electron chi connectivity index (χ0n) is 12.0. The van der Waals surface area contributed by atoms with Gasteiger partial charge in [-0.1, -0.05) is 0 Å². The van der Waals surface area contributed by atoms with Crippen molar-refractivity contribution in [3.8, 4) is 12.1 Å². The second-order valence-corrected chi connectivity index (χ2v) is 4.91. The lowest BCUT2D eigenvalue weighted by Crippen LogP contribution is -2.09. The van der Waals surface area contributed by atoms with Crippen molar-refractivity contribution < 1.29 is 26.3 Å². The van der Waals surface area contributed by atoms with Crippen LogP contribution in [0.25, 0.3) is 10.8 Å². The molecule has 0 radical (unpaired) electrons. The summed E-state index contributed by atoms with van der Waals surface area (Å²) in [6.07, 6.45) is -1.96. The first kappa shape index (κ1) is 17.6. The van der Waals surface area contributed by atoms with Crippen LogP contribution in [0.15, 0.2) is 0 Å². The molecule has 0 spiro atoms. The number of rotatable bonds is 4. The number of nitriles is 2. The molecule has 2 nitrogen and oxygen atoms in total. The minimum absolute atomic E-state index is 0.397. The van der Waals surface area contributed by atoms with Crippen LogP contribution in [0.3, 0.4) is 0 Å². The number of halogens is 6. The Morgan fingerprint density at radius 2 is 0.875 bits per heavy atom. The molecule has 0 N–H and O–H groups in total. The third-order valence-electron chi connectivity index (χ3n) is 3.55. The number of nitrogens with zero attached hydrogens (tertiary/aromatic N) is 2. The Labute approximate surface area is 132 Å². The van der Waals surface area contributed by atoms with Gasteiger partial charge in [0.2, 0.25) is 0 Å². The largest absolute Gasteiger partial charge is 0.206 e. The standard InChI is InChI=1S/C16H8F6N2/c17-11-7(3-1-5-23)13(19)15(21)10-9(11)16(22)14(20)8(12(10)18)4-2-6-24/h1-4H2. The summed E-state index contributed by atoms with van der Waals surface area (Å²) in [5.41, 5.74) is -1.91. The Kier molecular flexibility index (Phi) is 4.99. The maximum absolute atomic E-state index is 14.3. The van der Waals surface area contributed by atoms with E-state index in [4.69, 9.17) is 10.5 Å². The zero-order chi connectivity index (χ0) is 18.0. The monoisotopic (exact) mass is 342 g/mol. The highest BCUT2D eigenvalue weighted by molar-refractivity contribution is 5.87. The molecule has 0 saturated carbocycles. The van der Waals surface area contributed by atoms with Gasteiger partial charge >= 0.3 is 0 Å². The van der Waals surface area contributed by atoms with E-state index in [9.17, 15) is 26.3 Å². The van der Waals surface area contributed by atoms with Crippen LogP contribution in [0.5, 0.6) is 0 Å². The summed E-state index contributed by atoms with van der Waals surface area (Å²) in [5, 5.41) is 14.2. The van der Waals surface area contributed by atoms with Crippen molar-refractivity contribution >= 4 is 10.8 Å².